The molecular formula is C16H31N3O4. The Hall–Kier alpha value is -1.34. The number of carbonyl (C=O) groups is 1. The lowest BCUT2D eigenvalue weighted by Crippen LogP contribution is -2.48. The maximum absolute atomic E-state index is 11.4. The Balaban J connectivity index is 2.29. The van der Waals surface area contributed by atoms with Crippen LogP contribution in [-0.4, -0.2) is 77.0 Å². The molecular weight excluding hydrogens is 298 g/mol. The Kier molecular flexibility index (Phi) is 9.63. The molecule has 0 amide bonds. The molecule has 1 aliphatic rings. The third-order valence-corrected chi connectivity index (χ3v) is 3.97. The predicted octanol–water partition coefficient (Wildman–Crippen LogP) is 0.888. The number of hydrogen-bond donors (Lipinski definition) is 1. The molecule has 1 rings (SSSR count). The number of piperidine rings is 1. The van der Waals surface area contributed by atoms with Crippen molar-refractivity contribution in [3.63, 3.8) is 0 Å². The molecule has 7 nitrogen and oxygen atoms in total. The van der Waals surface area contributed by atoms with Crippen LogP contribution in [0.2, 0.25) is 0 Å². The lowest BCUT2D eigenvalue weighted by atomic mass is 10.1. The van der Waals surface area contributed by atoms with Gasteiger partial charge < -0.3 is 24.4 Å². The van der Waals surface area contributed by atoms with Gasteiger partial charge in [-0.2, -0.15) is 0 Å². The lowest BCUT2D eigenvalue weighted by Gasteiger charge is -2.34. The van der Waals surface area contributed by atoms with E-state index in [2.05, 4.69) is 15.2 Å². The van der Waals surface area contributed by atoms with Gasteiger partial charge in [0.15, 0.2) is 5.96 Å². The van der Waals surface area contributed by atoms with Crippen molar-refractivity contribution in [2.45, 2.75) is 32.3 Å². The number of rotatable bonds is 8. The predicted molar refractivity (Wildman–Crippen MR) is 89.6 cm³/mol. The van der Waals surface area contributed by atoms with E-state index in [1.807, 2.05) is 6.92 Å². The summed E-state index contributed by atoms with van der Waals surface area (Å²) in [7, 11) is 4.88. The van der Waals surface area contributed by atoms with Crippen LogP contribution in [-0.2, 0) is 19.0 Å². The third kappa shape index (κ3) is 7.18. The molecule has 0 aromatic carbocycles. The third-order valence-electron chi connectivity index (χ3n) is 3.97. The van der Waals surface area contributed by atoms with Gasteiger partial charge in [-0.15, -0.1) is 0 Å². The summed E-state index contributed by atoms with van der Waals surface area (Å²) in [5.41, 5.74) is 0. The molecule has 0 aromatic heterocycles. The van der Waals surface area contributed by atoms with Gasteiger partial charge >= 0.3 is 5.97 Å². The Morgan fingerprint density at radius 1 is 1.30 bits per heavy atom. The Morgan fingerprint density at radius 2 is 2.00 bits per heavy atom. The number of esters is 1. The topological polar surface area (TPSA) is 72.4 Å². The van der Waals surface area contributed by atoms with Gasteiger partial charge in [-0.05, 0) is 19.3 Å². The average Bonchev–Trinajstić information content (AvgIpc) is 2.59. The molecule has 7 heteroatoms. The van der Waals surface area contributed by atoms with E-state index in [9.17, 15) is 4.79 Å². The average molecular weight is 329 g/mol. The van der Waals surface area contributed by atoms with Crippen molar-refractivity contribution >= 4 is 11.9 Å². The van der Waals surface area contributed by atoms with E-state index >= 15 is 0 Å². The number of hydrogen-bond acceptors (Lipinski definition) is 5. The second-order valence-corrected chi connectivity index (χ2v) is 5.76. The maximum Gasteiger partial charge on any atom is 0.310 e. The molecule has 0 aromatic rings. The summed E-state index contributed by atoms with van der Waals surface area (Å²) in [4.78, 5) is 17.9. The zero-order chi connectivity index (χ0) is 17.1. The number of carbonyl (C=O) groups excluding carboxylic acids is 1. The van der Waals surface area contributed by atoms with Crippen molar-refractivity contribution in [2.24, 2.45) is 10.9 Å². The van der Waals surface area contributed by atoms with Crippen molar-refractivity contribution in [3.8, 4) is 0 Å². The van der Waals surface area contributed by atoms with Gasteiger partial charge in [0.25, 0.3) is 0 Å². The summed E-state index contributed by atoms with van der Waals surface area (Å²) < 4.78 is 15.6. The van der Waals surface area contributed by atoms with E-state index in [4.69, 9.17) is 14.2 Å². The standard InChI is InChI=1S/C16H31N3O4/c1-13(15(20)22-4)12-18-16(17-2)19-8-6-14(7-9-19)23-11-5-10-21-3/h13-14H,5-12H2,1-4H3,(H,17,18). The van der Waals surface area contributed by atoms with Crippen molar-refractivity contribution in [3.05, 3.63) is 0 Å². The summed E-state index contributed by atoms with van der Waals surface area (Å²) in [6.07, 6.45) is 3.22. The molecule has 1 heterocycles. The highest BCUT2D eigenvalue weighted by Gasteiger charge is 2.22. The molecule has 0 spiro atoms. The molecule has 1 atom stereocenters. The van der Waals surface area contributed by atoms with Crippen molar-refractivity contribution < 1.29 is 19.0 Å². The lowest BCUT2D eigenvalue weighted by molar-refractivity contribution is -0.144. The van der Waals surface area contributed by atoms with Crippen LogP contribution >= 0.6 is 0 Å². The molecule has 1 fully saturated rings. The maximum atomic E-state index is 11.4. The van der Waals surface area contributed by atoms with E-state index in [0.717, 1.165) is 51.5 Å². The van der Waals surface area contributed by atoms with Gasteiger partial charge in [-0.3, -0.25) is 9.79 Å². The van der Waals surface area contributed by atoms with Gasteiger partial charge in [0, 0.05) is 47.0 Å². The van der Waals surface area contributed by atoms with Crippen LogP contribution in [0.5, 0.6) is 0 Å². The smallest absolute Gasteiger partial charge is 0.310 e. The van der Waals surface area contributed by atoms with E-state index in [1.54, 1.807) is 14.2 Å². The summed E-state index contributed by atoms with van der Waals surface area (Å²) in [6.45, 7) is 5.66. The second-order valence-electron chi connectivity index (χ2n) is 5.76. The first-order valence-electron chi connectivity index (χ1n) is 8.26. The fraction of sp³-hybridized carbons (Fsp3) is 0.875. The zero-order valence-corrected chi connectivity index (χ0v) is 14.8. The number of nitrogens with one attached hydrogen (secondary N) is 1. The second kappa shape index (κ2) is 11.2. The summed E-state index contributed by atoms with van der Waals surface area (Å²) in [5, 5.41) is 3.25. The number of nitrogens with zero attached hydrogens (tertiary/aromatic N) is 2. The van der Waals surface area contributed by atoms with Crippen molar-refractivity contribution in [2.75, 3.05) is 54.1 Å². The summed E-state index contributed by atoms with van der Waals surface area (Å²) in [5.74, 6) is 0.424. The van der Waals surface area contributed by atoms with Crippen LogP contribution < -0.4 is 5.32 Å². The first-order valence-corrected chi connectivity index (χ1v) is 8.26. The quantitative estimate of drug-likeness (QED) is 0.309. The minimum atomic E-state index is -0.212. The van der Waals surface area contributed by atoms with E-state index < -0.39 is 0 Å². The van der Waals surface area contributed by atoms with Gasteiger partial charge in [0.2, 0.25) is 0 Å². The molecule has 1 aliphatic heterocycles. The molecule has 0 bridgehead atoms. The monoisotopic (exact) mass is 329 g/mol. The van der Waals surface area contributed by atoms with Crippen LogP contribution in [0.25, 0.3) is 0 Å². The highest BCUT2D eigenvalue weighted by Crippen LogP contribution is 2.14. The molecule has 0 saturated carbocycles. The highest BCUT2D eigenvalue weighted by atomic mass is 16.5. The number of methoxy groups -OCH3 is 2. The van der Waals surface area contributed by atoms with E-state index in [-0.39, 0.29) is 11.9 Å². The zero-order valence-electron chi connectivity index (χ0n) is 14.8. The van der Waals surface area contributed by atoms with Gasteiger partial charge in [-0.1, -0.05) is 6.92 Å². The van der Waals surface area contributed by atoms with E-state index in [1.165, 1.54) is 7.11 Å². The van der Waals surface area contributed by atoms with Crippen LogP contribution in [0.4, 0.5) is 0 Å². The Morgan fingerprint density at radius 3 is 2.57 bits per heavy atom. The molecule has 0 aliphatic carbocycles. The van der Waals surface area contributed by atoms with Crippen LogP contribution in [0.3, 0.4) is 0 Å². The largest absolute Gasteiger partial charge is 0.469 e. The Labute approximate surface area is 139 Å². The first-order chi connectivity index (χ1) is 11.1. The minimum absolute atomic E-state index is 0.196. The van der Waals surface area contributed by atoms with Crippen molar-refractivity contribution in [1.82, 2.24) is 10.2 Å². The fourth-order valence-electron chi connectivity index (χ4n) is 2.55. The summed E-state index contributed by atoms with van der Waals surface area (Å²) in [6, 6.07) is 0. The fourth-order valence-corrected chi connectivity index (χ4v) is 2.55. The van der Waals surface area contributed by atoms with Gasteiger partial charge in [0.05, 0.1) is 19.1 Å². The van der Waals surface area contributed by atoms with Crippen molar-refractivity contribution in [1.29, 1.82) is 0 Å². The molecule has 134 valence electrons. The number of aliphatic imine (C=N–C) groups is 1. The number of likely N-dealkylation sites (tertiary alicyclic amines) is 1. The number of ether oxygens (including phenoxy) is 3. The van der Waals surface area contributed by atoms with Crippen LogP contribution in [0, 0.1) is 5.92 Å². The van der Waals surface area contributed by atoms with Crippen LogP contribution in [0.1, 0.15) is 26.2 Å². The molecule has 1 N–H and O–H groups in total. The SMILES string of the molecule is CN=C(NCC(C)C(=O)OC)N1CCC(OCCCOC)CC1. The highest BCUT2D eigenvalue weighted by molar-refractivity contribution is 5.81. The molecule has 1 saturated heterocycles. The molecule has 1 unspecified atom stereocenters. The van der Waals surface area contributed by atoms with E-state index in [0.29, 0.717) is 12.6 Å². The Bertz CT molecular complexity index is 368. The first kappa shape index (κ1) is 19.7. The molecule has 0 radical (unpaired) electrons. The van der Waals surface area contributed by atoms with Gasteiger partial charge in [0.1, 0.15) is 0 Å². The van der Waals surface area contributed by atoms with Gasteiger partial charge in [-0.25, -0.2) is 0 Å². The number of guanidine groups is 1. The van der Waals surface area contributed by atoms with Crippen LogP contribution in [0.15, 0.2) is 4.99 Å². The summed E-state index contributed by atoms with van der Waals surface area (Å²) >= 11 is 0. The normalized spacial score (nSPS) is 17.9. The minimum Gasteiger partial charge on any atom is -0.469 e. The molecule has 23 heavy (non-hydrogen) atoms.